The highest BCUT2D eigenvalue weighted by atomic mass is 16.7. The van der Waals surface area contributed by atoms with E-state index in [4.69, 9.17) is 9.47 Å². The summed E-state index contributed by atoms with van der Waals surface area (Å²) >= 11 is 0. The molecular formula is C26H50O4. The predicted molar refractivity (Wildman–Crippen MR) is 125 cm³/mol. The molecule has 4 heteroatoms. The normalized spacial score (nSPS) is 11.1. The Morgan fingerprint density at radius 1 is 0.500 bits per heavy atom. The molecule has 0 aromatic rings. The maximum Gasteiger partial charge on any atom is 0.308 e. The molecule has 0 radical (unpaired) electrons. The van der Waals surface area contributed by atoms with Crippen LogP contribution in [0.25, 0.3) is 0 Å². The smallest absolute Gasteiger partial charge is 0.308 e. The van der Waals surface area contributed by atoms with E-state index in [9.17, 15) is 9.59 Å². The third kappa shape index (κ3) is 20.2. The van der Waals surface area contributed by atoms with Crippen molar-refractivity contribution in [3.05, 3.63) is 0 Å². The molecule has 0 unspecified atom stereocenters. The number of hydrogen-bond acceptors (Lipinski definition) is 4. The zero-order chi connectivity index (χ0) is 22.3. The van der Waals surface area contributed by atoms with Crippen LogP contribution in [0, 0.1) is 0 Å². The quantitative estimate of drug-likeness (QED) is 0.0993. The Labute approximate surface area is 186 Å². The molecule has 178 valence electrons. The molecule has 0 saturated heterocycles. The monoisotopic (exact) mass is 426 g/mol. The summed E-state index contributed by atoms with van der Waals surface area (Å²) in [5.41, 5.74) is 0. The van der Waals surface area contributed by atoms with Gasteiger partial charge in [0.2, 0.25) is 6.29 Å². The maximum absolute atomic E-state index is 12.2. The lowest BCUT2D eigenvalue weighted by Crippen LogP contribution is -2.24. The Morgan fingerprint density at radius 3 is 1.23 bits per heavy atom. The van der Waals surface area contributed by atoms with Crippen molar-refractivity contribution in [2.75, 3.05) is 0 Å². The molecule has 0 saturated carbocycles. The number of esters is 2. The van der Waals surface area contributed by atoms with Crippen molar-refractivity contribution < 1.29 is 19.1 Å². The highest BCUT2D eigenvalue weighted by molar-refractivity contribution is 5.71. The molecule has 0 aliphatic carbocycles. The standard InChI is InChI=1S/C26H50O4/c1-4-7-10-12-14-16-19-21-24(27)29-26(23-18-9-6-3)30-25(28)22-20-17-15-13-11-8-5-2/h26H,4-23H2,1-3H3. The summed E-state index contributed by atoms with van der Waals surface area (Å²) in [6.07, 6.45) is 20.2. The van der Waals surface area contributed by atoms with E-state index >= 15 is 0 Å². The number of unbranched alkanes of at least 4 members (excludes halogenated alkanes) is 14. The van der Waals surface area contributed by atoms with Gasteiger partial charge in [0.25, 0.3) is 0 Å². The van der Waals surface area contributed by atoms with Gasteiger partial charge in [-0.15, -0.1) is 0 Å². The van der Waals surface area contributed by atoms with E-state index in [2.05, 4.69) is 20.8 Å². The molecule has 0 amide bonds. The fourth-order valence-corrected chi connectivity index (χ4v) is 3.57. The van der Waals surface area contributed by atoms with Crippen molar-refractivity contribution >= 4 is 11.9 Å². The fourth-order valence-electron chi connectivity index (χ4n) is 3.57. The van der Waals surface area contributed by atoms with Gasteiger partial charge in [-0.3, -0.25) is 9.59 Å². The van der Waals surface area contributed by atoms with Gasteiger partial charge in [-0.05, 0) is 19.3 Å². The molecular weight excluding hydrogens is 376 g/mol. The third-order valence-electron chi connectivity index (χ3n) is 5.54. The summed E-state index contributed by atoms with van der Waals surface area (Å²) < 4.78 is 11.0. The summed E-state index contributed by atoms with van der Waals surface area (Å²) in [6, 6.07) is 0. The Bertz CT molecular complexity index is 362. The van der Waals surface area contributed by atoms with Crippen LogP contribution >= 0.6 is 0 Å². The van der Waals surface area contributed by atoms with Gasteiger partial charge >= 0.3 is 11.9 Å². The number of carbonyl (C=O) groups is 2. The minimum Gasteiger partial charge on any atom is -0.425 e. The largest absolute Gasteiger partial charge is 0.425 e. The molecule has 0 aliphatic heterocycles. The van der Waals surface area contributed by atoms with E-state index in [1.165, 1.54) is 64.2 Å². The molecule has 30 heavy (non-hydrogen) atoms. The highest BCUT2D eigenvalue weighted by Gasteiger charge is 2.18. The van der Waals surface area contributed by atoms with Gasteiger partial charge in [-0.1, -0.05) is 111 Å². The highest BCUT2D eigenvalue weighted by Crippen LogP contribution is 2.15. The molecule has 0 aromatic carbocycles. The Kier molecular flexibility index (Phi) is 21.8. The van der Waals surface area contributed by atoms with Crippen molar-refractivity contribution in [3.63, 3.8) is 0 Å². The lowest BCUT2D eigenvalue weighted by Gasteiger charge is -2.18. The summed E-state index contributed by atoms with van der Waals surface area (Å²) in [7, 11) is 0. The fraction of sp³-hybridized carbons (Fsp3) is 0.923. The van der Waals surface area contributed by atoms with Gasteiger partial charge in [-0.25, -0.2) is 0 Å². The molecule has 4 nitrogen and oxygen atoms in total. The minimum atomic E-state index is -0.703. The number of rotatable bonds is 22. The van der Waals surface area contributed by atoms with Crippen LogP contribution < -0.4 is 0 Å². The van der Waals surface area contributed by atoms with Gasteiger partial charge in [0.05, 0.1) is 0 Å². The first kappa shape index (κ1) is 28.9. The minimum absolute atomic E-state index is 0.228. The van der Waals surface area contributed by atoms with Crippen LogP contribution in [0.15, 0.2) is 0 Å². The Morgan fingerprint density at radius 2 is 0.833 bits per heavy atom. The van der Waals surface area contributed by atoms with Gasteiger partial charge in [0.1, 0.15) is 0 Å². The Hall–Kier alpha value is -1.06. The van der Waals surface area contributed by atoms with Crippen molar-refractivity contribution in [3.8, 4) is 0 Å². The second-order valence-corrected chi connectivity index (χ2v) is 8.65. The summed E-state index contributed by atoms with van der Waals surface area (Å²) in [5, 5.41) is 0. The Balaban J connectivity index is 4.04. The zero-order valence-electron chi connectivity index (χ0n) is 20.4. The molecule has 0 N–H and O–H groups in total. The molecule has 0 atom stereocenters. The van der Waals surface area contributed by atoms with Crippen LogP contribution in [-0.2, 0) is 19.1 Å². The van der Waals surface area contributed by atoms with E-state index in [-0.39, 0.29) is 11.9 Å². The first-order valence-electron chi connectivity index (χ1n) is 13.0. The van der Waals surface area contributed by atoms with Crippen LogP contribution in [-0.4, -0.2) is 18.2 Å². The van der Waals surface area contributed by atoms with Gasteiger partial charge in [0, 0.05) is 19.3 Å². The van der Waals surface area contributed by atoms with Crippen LogP contribution in [0.2, 0.25) is 0 Å². The molecule has 0 fully saturated rings. The van der Waals surface area contributed by atoms with E-state index in [1.807, 2.05) is 0 Å². The molecule has 0 heterocycles. The van der Waals surface area contributed by atoms with Crippen molar-refractivity contribution in [2.45, 2.75) is 155 Å². The summed E-state index contributed by atoms with van der Waals surface area (Å²) in [5.74, 6) is -0.456. The predicted octanol–water partition coefficient (Wildman–Crippen LogP) is 8.26. The van der Waals surface area contributed by atoms with Crippen LogP contribution in [0.1, 0.15) is 149 Å². The molecule has 0 aliphatic rings. The summed E-state index contributed by atoms with van der Waals surface area (Å²) in [6.45, 7) is 6.57. The van der Waals surface area contributed by atoms with Gasteiger partial charge < -0.3 is 9.47 Å². The van der Waals surface area contributed by atoms with Crippen molar-refractivity contribution in [1.82, 2.24) is 0 Å². The number of ether oxygens (including phenoxy) is 2. The van der Waals surface area contributed by atoms with Crippen LogP contribution in [0.5, 0.6) is 0 Å². The van der Waals surface area contributed by atoms with E-state index < -0.39 is 6.29 Å². The SMILES string of the molecule is CCCCCCCCCC(=O)OC(CCCCC)OC(=O)CCCCCCCCC. The van der Waals surface area contributed by atoms with E-state index in [1.54, 1.807) is 0 Å². The zero-order valence-corrected chi connectivity index (χ0v) is 20.4. The van der Waals surface area contributed by atoms with Crippen molar-refractivity contribution in [2.24, 2.45) is 0 Å². The molecule has 0 spiro atoms. The second kappa shape index (κ2) is 22.6. The average molecular weight is 427 g/mol. The number of hydrogen-bond donors (Lipinski definition) is 0. The van der Waals surface area contributed by atoms with E-state index in [0.29, 0.717) is 19.3 Å². The van der Waals surface area contributed by atoms with Gasteiger partial charge in [0.15, 0.2) is 0 Å². The number of carbonyl (C=O) groups excluding carboxylic acids is 2. The first-order chi connectivity index (χ1) is 14.6. The lowest BCUT2D eigenvalue weighted by atomic mass is 10.1. The lowest BCUT2D eigenvalue weighted by molar-refractivity contribution is -0.189. The third-order valence-corrected chi connectivity index (χ3v) is 5.54. The van der Waals surface area contributed by atoms with Crippen LogP contribution in [0.3, 0.4) is 0 Å². The van der Waals surface area contributed by atoms with Gasteiger partial charge in [-0.2, -0.15) is 0 Å². The first-order valence-corrected chi connectivity index (χ1v) is 13.0. The van der Waals surface area contributed by atoms with Crippen LogP contribution in [0.4, 0.5) is 0 Å². The average Bonchev–Trinajstić information content (AvgIpc) is 2.72. The molecule has 0 aromatic heterocycles. The maximum atomic E-state index is 12.2. The molecule has 0 rings (SSSR count). The molecule has 0 bridgehead atoms. The summed E-state index contributed by atoms with van der Waals surface area (Å²) in [4.78, 5) is 24.3. The topological polar surface area (TPSA) is 52.6 Å². The van der Waals surface area contributed by atoms with Crippen molar-refractivity contribution in [1.29, 1.82) is 0 Å². The van der Waals surface area contributed by atoms with E-state index in [0.717, 1.165) is 44.9 Å². The second-order valence-electron chi connectivity index (χ2n) is 8.65.